The van der Waals surface area contributed by atoms with Crippen LogP contribution in [0.4, 0.5) is 0 Å². The summed E-state index contributed by atoms with van der Waals surface area (Å²) in [4.78, 5) is 15.9. The molecule has 1 aromatic rings. The standard InChI is InChI=1S/C11H20N4O2/c1-7(6-17-5)12-9(16)8-13-10(15-14-8)11(2,3)4/h7H,6H2,1-5H3,(H,12,16)(H,13,14,15). The lowest BCUT2D eigenvalue weighted by atomic mass is 9.96. The predicted molar refractivity (Wildman–Crippen MR) is 63.9 cm³/mol. The molecule has 6 nitrogen and oxygen atoms in total. The molecule has 1 rings (SSSR count). The molecule has 6 heteroatoms. The Kier molecular flexibility index (Phi) is 4.22. The lowest BCUT2D eigenvalue weighted by molar-refractivity contribution is 0.0895. The fraction of sp³-hybridized carbons (Fsp3) is 0.727. The molecule has 0 bridgehead atoms. The zero-order valence-corrected chi connectivity index (χ0v) is 11.0. The molecular formula is C11H20N4O2. The normalized spacial score (nSPS) is 13.5. The molecule has 1 unspecified atom stereocenters. The van der Waals surface area contributed by atoms with Gasteiger partial charge in [0, 0.05) is 18.6 Å². The van der Waals surface area contributed by atoms with E-state index in [1.165, 1.54) is 0 Å². The zero-order valence-electron chi connectivity index (χ0n) is 11.0. The van der Waals surface area contributed by atoms with Gasteiger partial charge in [0.25, 0.3) is 5.91 Å². The van der Waals surface area contributed by atoms with E-state index >= 15 is 0 Å². The summed E-state index contributed by atoms with van der Waals surface area (Å²) in [6, 6.07) is -0.0657. The molecule has 0 aromatic carbocycles. The van der Waals surface area contributed by atoms with Crippen molar-refractivity contribution in [1.82, 2.24) is 20.5 Å². The summed E-state index contributed by atoms with van der Waals surface area (Å²) in [7, 11) is 1.59. The number of methoxy groups -OCH3 is 1. The van der Waals surface area contributed by atoms with E-state index in [2.05, 4.69) is 20.5 Å². The number of hydrogen-bond donors (Lipinski definition) is 2. The maximum atomic E-state index is 11.8. The van der Waals surface area contributed by atoms with Crippen molar-refractivity contribution in [2.24, 2.45) is 0 Å². The number of ether oxygens (including phenoxy) is 1. The largest absolute Gasteiger partial charge is 0.383 e. The number of rotatable bonds is 4. The fourth-order valence-corrected chi connectivity index (χ4v) is 1.28. The maximum absolute atomic E-state index is 11.8. The molecular weight excluding hydrogens is 220 g/mol. The topological polar surface area (TPSA) is 79.9 Å². The summed E-state index contributed by atoms with van der Waals surface area (Å²) >= 11 is 0. The molecule has 1 aromatic heterocycles. The number of H-pyrrole nitrogens is 1. The molecule has 0 fully saturated rings. The van der Waals surface area contributed by atoms with E-state index < -0.39 is 0 Å². The molecule has 2 N–H and O–H groups in total. The first kappa shape index (κ1) is 13.6. The lowest BCUT2D eigenvalue weighted by Gasteiger charge is -2.13. The van der Waals surface area contributed by atoms with Gasteiger partial charge in [-0.25, -0.2) is 4.98 Å². The Morgan fingerprint density at radius 3 is 2.65 bits per heavy atom. The van der Waals surface area contributed by atoms with Crippen molar-refractivity contribution in [2.75, 3.05) is 13.7 Å². The van der Waals surface area contributed by atoms with Gasteiger partial charge in [0.2, 0.25) is 5.82 Å². The SMILES string of the molecule is COCC(C)NC(=O)c1n[nH]c(C(C)(C)C)n1. The Morgan fingerprint density at radius 1 is 1.53 bits per heavy atom. The van der Waals surface area contributed by atoms with Crippen LogP contribution in [0.2, 0.25) is 0 Å². The number of nitrogens with one attached hydrogen (secondary N) is 2. The highest BCUT2D eigenvalue weighted by Crippen LogP contribution is 2.17. The van der Waals surface area contributed by atoms with E-state index in [0.717, 1.165) is 0 Å². The number of nitrogens with zero attached hydrogens (tertiary/aromatic N) is 2. The summed E-state index contributed by atoms with van der Waals surface area (Å²) in [5.74, 6) is 0.571. The van der Waals surface area contributed by atoms with Crippen LogP contribution >= 0.6 is 0 Å². The Hall–Kier alpha value is -1.43. The third-order valence-corrected chi connectivity index (χ3v) is 2.19. The first-order valence-electron chi connectivity index (χ1n) is 5.57. The van der Waals surface area contributed by atoms with Gasteiger partial charge in [-0.2, -0.15) is 0 Å². The van der Waals surface area contributed by atoms with Gasteiger partial charge in [0.15, 0.2) is 0 Å². The van der Waals surface area contributed by atoms with Crippen molar-refractivity contribution >= 4 is 5.91 Å². The van der Waals surface area contributed by atoms with Crippen molar-refractivity contribution in [3.8, 4) is 0 Å². The van der Waals surface area contributed by atoms with Crippen molar-refractivity contribution < 1.29 is 9.53 Å². The van der Waals surface area contributed by atoms with Crippen molar-refractivity contribution in [1.29, 1.82) is 0 Å². The van der Waals surface area contributed by atoms with Gasteiger partial charge >= 0.3 is 0 Å². The van der Waals surface area contributed by atoms with Gasteiger partial charge < -0.3 is 10.1 Å². The van der Waals surface area contributed by atoms with Gasteiger partial charge in [0.05, 0.1) is 6.61 Å². The van der Waals surface area contributed by atoms with E-state index in [1.807, 2.05) is 27.7 Å². The molecule has 1 atom stereocenters. The van der Waals surface area contributed by atoms with Gasteiger partial charge in [-0.1, -0.05) is 20.8 Å². The van der Waals surface area contributed by atoms with E-state index in [1.54, 1.807) is 7.11 Å². The lowest BCUT2D eigenvalue weighted by Crippen LogP contribution is -2.36. The number of carbonyl (C=O) groups excluding carboxylic acids is 1. The second-order valence-corrected chi connectivity index (χ2v) is 5.09. The third-order valence-electron chi connectivity index (χ3n) is 2.19. The molecule has 0 aliphatic heterocycles. The second-order valence-electron chi connectivity index (χ2n) is 5.09. The number of amides is 1. The molecule has 0 saturated carbocycles. The first-order chi connectivity index (χ1) is 7.84. The molecule has 96 valence electrons. The van der Waals surface area contributed by atoms with E-state index in [0.29, 0.717) is 12.4 Å². The van der Waals surface area contributed by atoms with Crippen LogP contribution in [-0.2, 0) is 10.2 Å². The van der Waals surface area contributed by atoms with Crippen molar-refractivity contribution in [3.05, 3.63) is 11.6 Å². The zero-order chi connectivity index (χ0) is 13.1. The molecule has 1 heterocycles. The molecule has 0 aliphatic rings. The van der Waals surface area contributed by atoms with Gasteiger partial charge in [-0.05, 0) is 6.92 Å². The average molecular weight is 240 g/mol. The minimum atomic E-state index is -0.290. The molecule has 0 radical (unpaired) electrons. The Labute approximate surface area is 101 Å². The number of carbonyl (C=O) groups is 1. The number of hydrogen-bond acceptors (Lipinski definition) is 4. The molecule has 0 aliphatic carbocycles. The molecule has 17 heavy (non-hydrogen) atoms. The van der Waals surface area contributed by atoms with Gasteiger partial charge in [0.1, 0.15) is 5.82 Å². The Bertz CT molecular complexity index is 381. The summed E-state index contributed by atoms with van der Waals surface area (Å²) in [5.41, 5.74) is -0.149. The summed E-state index contributed by atoms with van der Waals surface area (Å²) in [5, 5.41) is 9.44. The van der Waals surface area contributed by atoms with Crippen LogP contribution in [-0.4, -0.2) is 40.8 Å². The van der Waals surface area contributed by atoms with E-state index in [9.17, 15) is 4.79 Å². The summed E-state index contributed by atoms with van der Waals surface area (Å²) in [6.45, 7) is 8.33. The van der Waals surface area contributed by atoms with E-state index in [4.69, 9.17) is 4.74 Å². The van der Waals surface area contributed by atoms with Crippen molar-refractivity contribution in [2.45, 2.75) is 39.2 Å². The van der Waals surface area contributed by atoms with Gasteiger partial charge in [-0.15, -0.1) is 5.10 Å². The van der Waals surface area contributed by atoms with Crippen LogP contribution in [0.25, 0.3) is 0 Å². The Balaban J connectivity index is 2.67. The highest BCUT2D eigenvalue weighted by Gasteiger charge is 2.21. The van der Waals surface area contributed by atoms with Crippen LogP contribution in [0.15, 0.2) is 0 Å². The predicted octanol–water partition coefficient (Wildman–Crippen LogP) is 0.867. The number of aromatic amines is 1. The quantitative estimate of drug-likeness (QED) is 0.818. The Morgan fingerprint density at radius 2 is 2.18 bits per heavy atom. The molecule has 1 amide bonds. The highest BCUT2D eigenvalue weighted by molar-refractivity contribution is 5.90. The van der Waals surface area contributed by atoms with Crippen LogP contribution in [0.3, 0.4) is 0 Å². The molecule has 0 spiro atoms. The van der Waals surface area contributed by atoms with Crippen molar-refractivity contribution in [3.63, 3.8) is 0 Å². The van der Waals surface area contributed by atoms with Crippen LogP contribution in [0, 0.1) is 0 Å². The van der Waals surface area contributed by atoms with Crippen LogP contribution in [0.5, 0.6) is 0 Å². The maximum Gasteiger partial charge on any atom is 0.291 e. The number of aromatic nitrogens is 3. The van der Waals surface area contributed by atoms with Crippen LogP contribution in [0.1, 0.15) is 44.1 Å². The summed E-state index contributed by atoms with van der Waals surface area (Å²) < 4.78 is 4.94. The minimum absolute atomic E-state index is 0.0657. The highest BCUT2D eigenvalue weighted by atomic mass is 16.5. The summed E-state index contributed by atoms with van der Waals surface area (Å²) in [6.07, 6.45) is 0. The monoisotopic (exact) mass is 240 g/mol. The minimum Gasteiger partial charge on any atom is -0.383 e. The third kappa shape index (κ3) is 3.81. The van der Waals surface area contributed by atoms with Crippen LogP contribution < -0.4 is 5.32 Å². The average Bonchev–Trinajstić information content (AvgIpc) is 2.65. The first-order valence-corrected chi connectivity index (χ1v) is 5.57. The smallest absolute Gasteiger partial charge is 0.291 e. The fourth-order valence-electron chi connectivity index (χ4n) is 1.28. The molecule has 0 saturated heterocycles. The van der Waals surface area contributed by atoms with Gasteiger partial charge in [-0.3, -0.25) is 9.89 Å². The van der Waals surface area contributed by atoms with E-state index in [-0.39, 0.29) is 23.2 Å². The second kappa shape index (κ2) is 5.27.